The highest BCUT2D eigenvalue weighted by Crippen LogP contribution is 2.19. The van der Waals surface area contributed by atoms with Gasteiger partial charge in [-0.05, 0) is 50.1 Å². The standard InChI is InChI=1S/C11H17BrN2O2S.ClH/c1-9-8-10(4-5-11(9)12)17(15,16)14-7-3-2-6-13;/h4-5,8,14H,2-3,6-7,13H2,1H3;1H. The first-order valence-electron chi connectivity index (χ1n) is 5.43. The molecule has 4 nitrogen and oxygen atoms in total. The minimum atomic E-state index is -3.39. The van der Waals surface area contributed by atoms with Crippen molar-refractivity contribution >= 4 is 38.4 Å². The van der Waals surface area contributed by atoms with Crippen LogP contribution in [0.4, 0.5) is 0 Å². The summed E-state index contributed by atoms with van der Waals surface area (Å²) in [6, 6.07) is 4.97. The number of hydrogen-bond acceptors (Lipinski definition) is 3. The summed E-state index contributed by atoms with van der Waals surface area (Å²) in [5, 5.41) is 0. The molecule has 0 bridgehead atoms. The van der Waals surface area contributed by atoms with E-state index in [2.05, 4.69) is 20.7 Å². The molecule has 18 heavy (non-hydrogen) atoms. The van der Waals surface area contributed by atoms with Crippen molar-refractivity contribution in [3.63, 3.8) is 0 Å². The Morgan fingerprint density at radius 3 is 2.56 bits per heavy atom. The van der Waals surface area contributed by atoms with Gasteiger partial charge in [-0.25, -0.2) is 13.1 Å². The van der Waals surface area contributed by atoms with Gasteiger partial charge < -0.3 is 5.73 Å². The van der Waals surface area contributed by atoms with Crippen LogP contribution >= 0.6 is 28.3 Å². The molecule has 0 saturated heterocycles. The second kappa shape index (κ2) is 8.12. The van der Waals surface area contributed by atoms with Crippen LogP contribution in [0.3, 0.4) is 0 Å². The summed E-state index contributed by atoms with van der Waals surface area (Å²) < 4.78 is 27.3. The van der Waals surface area contributed by atoms with E-state index in [1.54, 1.807) is 18.2 Å². The zero-order chi connectivity index (χ0) is 12.9. The number of rotatable bonds is 6. The van der Waals surface area contributed by atoms with Crippen LogP contribution in [-0.4, -0.2) is 21.5 Å². The molecule has 1 aromatic carbocycles. The molecule has 0 saturated carbocycles. The quantitative estimate of drug-likeness (QED) is 0.767. The molecule has 0 unspecified atom stereocenters. The van der Waals surface area contributed by atoms with Gasteiger partial charge in [0.1, 0.15) is 0 Å². The Balaban J connectivity index is 0.00000289. The van der Waals surface area contributed by atoms with Gasteiger partial charge in [-0.15, -0.1) is 12.4 Å². The van der Waals surface area contributed by atoms with Gasteiger partial charge in [-0.3, -0.25) is 0 Å². The van der Waals surface area contributed by atoms with Crippen LogP contribution < -0.4 is 10.5 Å². The van der Waals surface area contributed by atoms with Crippen molar-refractivity contribution in [2.75, 3.05) is 13.1 Å². The van der Waals surface area contributed by atoms with E-state index in [0.29, 0.717) is 18.0 Å². The Bertz CT molecular complexity index is 480. The van der Waals surface area contributed by atoms with Crippen LogP contribution in [0.25, 0.3) is 0 Å². The number of hydrogen-bond donors (Lipinski definition) is 2. The highest BCUT2D eigenvalue weighted by Gasteiger charge is 2.13. The molecule has 0 heterocycles. The lowest BCUT2D eigenvalue weighted by atomic mass is 10.2. The lowest BCUT2D eigenvalue weighted by Gasteiger charge is -2.07. The summed E-state index contributed by atoms with van der Waals surface area (Å²) in [5.41, 5.74) is 6.24. The molecule has 0 aliphatic heterocycles. The first kappa shape index (κ1) is 17.9. The molecule has 3 N–H and O–H groups in total. The molecule has 1 rings (SSSR count). The van der Waals surface area contributed by atoms with E-state index >= 15 is 0 Å². The molecule has 0 aliphatic carbocycles. The fourth-order valence-electron chi connectivity index (χ4n) is 1.34. The SMILES string of the molecule is Cc1cc(S(=O)(=O)NCCCCN)ccc1Br.Cl. The van der Waals surface area contributed by atoms with Crippen molar-refractivity contribution in [1.29, 1.82) is 0 Å². The van der Waals surface area contributed by atoms with Crippen LogP contribution in [0.15, 0.2) is 27.6 Å². The first-order valence-corrected chi connectivity index (χ1v) is 7.71. The Morgan fingerprint density at radius 2 is 2.00 bits per heavy atom. The molecular weight excluding hydrogens is 340 g/mol. The van der Waals surface area contributed by atoms with Crippen molar-refractivity contribution < 1.29 is 8.42 Å². The summed E-state index contributed by atoms with van der Waals surface area (Å²) in [6.45, 7) is 2.87. The van der Waals surface area contributed by atoms with Crippen LogP contribution in [0.2, 0.25) is 0 Å². The largest absolute Gasteiger partial charge is 0.330 e. The van der Waals surface area contributed by atoms with Crippen LogP contribution in [0.1, 0.15) is 18.4 Å². The van der Waals surface area contributed by atoms with Gasteiger partial charge in [-0.2, -0.15) is 0 Å². The summed E-state index contributed by atoms with van der Waals surface area (Å²) >= 11 is 3.34. The van der Waals surface area contributed by atoms with Crippen molar-refractivity contribution in [1.82, 2.24) is 4.72 Å². The molecule has 7 heteroatoms. The van der Waals surface area contributed by atoms with Gasteiger partial charge in [0.15, 0.2) is 0 Å². The number of benzene rings is 1. The van der Waals surface area contributed by atoms with Gasteiger partial charge in [0, 0.05) is 11.0 Å². The normalized spacial score (nSPS) is 11.1. The number of unbranched alkanes of at least 4 members (excludes halogenated alkanes) is 1. The molecule has 0 amide bonds. The number of nitrogens with two attached hydrogens (primary N) is 1. The van der Waals surface area contributed by atoms with E-state index in [1.165, 1.54) is 0 Å². The average molecular weight is 358 g/mol. The van der Waals surface area contributed by atoms with E-state index < -0.39 is 10.0 Å². The maximum Gasteiger partial charge on any atom is 0.240 e. The Kier molecular flexibility index (Phi) is 8.05. The van der Waals surface area contributed by atoms with E-state index in [-0.39, 0.29) is 12.4 Å². The van der Waals surface area contributed by atoms with E-state index in [4.69, 9.17) is 5.73 Å². The van der Waals surface area contributed by atoms with E-state index in [0.717, 1.165) is 22.9 Å². The second-order valence-corrected chi connectivity index (χ2v) is 6.43. The Labute approximate surface area is 123 Å². The maximum absolute atomic E-state index is 11.9. The minimum Gasteiger partial charge on any atom is -0.330 e. The highest BCUT2D eigenvalue weighted by molar-refractivity contribution is 9.10. The Hall–Kier alpha value is -0.140. The lowest BCUT2D eigenvalue weighted by Crippen LogP contribution is -2.25. The summed E-state index contributed by atoms with van der Waals surface area (Å²) in [5.74, 6) is 0. The topological polar surface area (TPSA) is 72.2 Å². The fraction of sp³-hybridized carbons (Fsp3) is 0.455. The number of aryl methyl sites for hydroxylation is 1. The van der Waals surface area contributed by atoms with Crippen molar-refractivity contribution in [3.8, 4) is 0 Å². The monoisotopic (exact) mass is 356 g/mol. The summed E-state index contributed by atoms with van der Waals surface area (Å²) in [7, 11) is -3.39. The first-order chi connectivity index (χ1) is 7.97. The van der Waals surface area contributed by atoms with Gasteiger partial charge in [0.2, 0.25) is 10.0 Å². The van der Waals surface area contributed by atoms with Crippen LogP contribution in [0, 0.1) is 6.92 Å². The molecule has 0 radical (unpaired) electrons. The maximum atomic E-state index is 11.9. The number of sulfonamides is 1. The van der Waals surface area contributed by atoms with Gasteiger partial charge >= 0.3 is 0 Å². The van der Waals surface area contributed by atoms with Crippen molar-refractivity contribution in [3.05, 3.63) is 28.2 Å². The molecule has 104 valence electrons. The van der Waals surface area contributed by atoms with Crippen LogP contribution in [-0.2, 0) is 10.0 Å². The van der Waals surface area contributed by atoms with Gasteiger partial charge in [0.25, 0.3) is 0 Å². The molecule has 0 aliphatic rings. The lowest BCUT2D eigenvalue weighted by molar-refractivity contribution is 0.577. The van der Waals surface area contributed by atoms with Gasteiger partial charge in [0.05, 0.1) is 4.90 Å². The zero-order valence-corrected chi connectivity index (χ0v) is 13.4. The molecular formula is C11H18BrClN2O2S. The van der Waals surface area contributed by atoms with E-state index in [1.807, 2.05) is 6.92 Å². The molecule has 0 spiro atoms. The average Bonchev–Trinajstić information content (AvgIpc) is 2.28. The second-order valence-electron chi connectivity index (χ2n) is 3.80. The minimum absolute atomic E-state index is 0. The molecule has 0 fully saturated rings. The summed E-state index contributed by atoms with van der Waals surface area (Å²) in [6.07, 6.45) is 1.58. The Morgan fingerprint density at radius 1 is 1.33 bits per heavy atom. The van der Waals surface area contributed by atoms with Crippen molar-refractivity contribution in [2.45, 2.75) is 24.7 Å². The van der Waals surface area contributed by atoms with Gasteiger partial charge in [-0.1, -0.05) is 15.9 Å². The van der Waals surface area contributed by atoms with E-state index in [9.17, 15) is 8.42 Å². The molecule has 0 atom stereocenters. The third-order valence-electron chi connectivity index (χ3n) is 2.36. The predicted molar refractivity (Wildman–Crippen MR) is 79.6 cm³/mol. The predicted octanol–water partition coefficient (Wildman–Crippen LogP) is 2.20. The molecule has 1 aromatic rings. The van der Waals surface area contributed by atoms with Crippen molar-refractivity contribution in [2.24, 2.45) is 5.73 Å². The number of nitrogens with one attached hydrogen (secondary N) is 1. The smallest absolute Gasteiger partial charge is 0.240 e. The number of halogens is 2. The fourth-order valence-corrected chi connectivity index (χ4v) is 2.75. The third kappa shape index (κ3) is 5.24. The summed E-state index contributed by atoms with van der Waals surface area (Å²) in [4.78, 5) is 0.297. The molecule has 0 aromatic heterocycles. The van der Waals surface area contributed by atoms with Crippen LogP contribution in [0.5, 0.6) is 0 Å². The highest BCUT2D eigenvalue weighted by atomic mass is 79.9. The zero-order valence-electron chi connectivity index (χ0n) is 10.1. The third-order valence-corrected chi connectivity index (χ3v) is 4.71.